The van der Waals surface area contributed by atoms with Crippen molar-refractivity contribution in [3.05, 3.63) is 94.8 Å². The Labute approximate surface area is 223 Å². The maximum absolute atomic E-state index is 13.1. The van der Waals surface area contributed by atoms with E-state index >= 15 is 0 Å². The number of aromatic nitrogens is 2. The molecule has 0 saturated heterocycles. The molecule has 0 aliphatic carbocycles. The van der Waals surface area contributed by atoms with Gasteiger partial charge in [0.25, 0.3) is 5.91 Å². The molecule has 0 bridgehead atoms. The van der Waals surface area contributed by atoms with Gasteiger partial charge in [-0.05, 0) is 80.4 Å². The zero-order chi connectivity index (χ0) is 27.1. The van der Waals surface area contributed by atoms with E-state index in [1.807, 2.05) is 86.1 Å². The number of benzene rings is 3. The van der Waals surface area contributed by atoms with Crippen LogP contribution in [0, 0.1) is 13.8 Å². The number of anilines is 1. The van der Waals surface area contributed by atoms with Crippen molar-refractivity contribution in [1.29, 1.82) is 0 Å². The number of amides is 1. The number of rotatable bonds is 11. The van der Waals surface area contributed by atoms with Gasteiger partial charge < -0.3 is 24.3 Å². The van der Waals surface area contributed by atoms with Crippen molar-refractivity contribution in [2.75, 3.05) is 26.1 Å². The van der Waals surface area contributed by atoms with Gasteiger partial charge in [-0.15, -0.1) is 0 Å². The van der Waals surface area contributed by atoms with Crippen LogP contribution in [0.3, 0.4) is 0 Å². The molecule has 38 heavy (non-hydrogen) atoms. The zero-order valence-corrected chi connectivity index (χ0v) is 22.4. The first-order chi connectivity index (χ1) is 18.4. The summed E-state index contributed by atoms with van der Waals surface area (Å²) < 4.78 is 24.0. The summed E-state index contributed by atoms with van der Waals surface area (Å²) in [7, 11) is 3.22. The Hall–Kier alpha value is -4.46. The van der Waals surface area contributed by atoms with Gasteiger partial charge in [-0.25, -0.2) is 0 Å². The minimum Gasteiger partial charge on any atom is -0.494 e. The molecule has 0 unspecified atom stereocenters. The predicted molar refractivity (Wildman–Crippen MR) is 147 cm³/mol. The summed E-state index contributed by atoms with van der Waals surface area (Å²) in [5.41, 5.74) is 4.75. The SMILES string of the molecule is CCOc1ccc(OCc2cccc(C(=O)Nc3c(C)nn(Cc4ccc(OC)c(OC)c4)c3C)c2)cc1. The smallest absolute Gasteiger partial charge is 0.255 e. The Kier molecular flexibility index (Phi) is 8.53. The highest BCUT2D eigenvalue weighted by molar-refractivity contribution is 6.05. The summed E-state index contributed by atoms with van der Waals surface area (Å²) in [5.74, 6) is 2.66. The van der Waals surface area contributed by atoms with Crippen molar-refractivity contribution in [3.63, 3.8) is 0 Å². The van der Waals surface area contributed by atoms with Gasteiger partial charge in [0.05, 0.1) is 44.4 Å². The average molecular weight is 516 g/mol. The minimum absolute atomic E-state index is 0.204. The predicted octanol–water partition coefficient (Wildman–Crippen LogP) is 5.80. The lowest BCUT2D eigenvalue weighted by atomic mass is 10.1. The third-order valence-electron chi connectivity index (χ3n) is 6.13. The summed E-state index contributed by atoms with van der Waals surface area (Å²) in [6, 6.07) is 20.7. The molecule has 198 valence electrons. The number of methoxy groups -OCH3 is 2. The van der Waals surface area contributed by atoms with Crippen LogP contribution >= 0.6 is 0 Å². The minimum atomic E-state index is -0.204. The van der Waals surface area contributed by atoms with E-state index in [1.165, 1.54) is 0 Å². The number of aryl methyl sites for hydroxylation is 1. The topological polar surface area (TPSA) is 83.8 Å². The number of hydrogen-bond donors (Lipinski definition) is 1. The molecule has 4 rings (SSSR count). The van der Waals surface area contributed by atoms with Gasteiger partial charge in [0.1, 0.15) is 18.1 Å². The highest BCUT2D eigenvalue weighted by Gasteiger charge is 2.16. The first-order valence-corrected chi connectivity index (χ1v) is 12.4. The van der Waals surface area contributed by atoms with E-state index in [0.717, 1.165) is 34.0 Å². The van der Waals surface area contributed by atoms with E-state index in [0.29, 0.717) is 42.5 Å². The Morgan fingerprint density at radius 1 is 0.868 bits per heavy atom. The molecule has 0 atom stereocenters. The Balaban J connectivity index is 1.42. The van der Waals surface area contributed by atoms with Gasteiger partial charge in [-0.2, -0.15) is 5.10 Å². The second kappa shape index (κ2) is 12.2. The largest absolute Gasteiger partial charge is 0.494 e. The van der Waals surface area contributed by atoms with Gasteiger partial charge >= 0.3 is 0 Å². The van der Waals surface area contributed by atoms with Crippen molar-refractivity contribution < 1.29 is 23.7 Å². The number of ether oxygens (including phenoxy) is 4. The summed E-state index contributed by atoms with van der Waals surface area (Å²) in [6.07, 6.45) is 0. The molecule has 1 heterocycles. The molecule has 1 aromatic heterocycles. The standard InChI is InChI=1S/C30H33N3O5/c1-6-37-25-11-13-26(14-12-25)38-19-23-8-7-9-24(16-23)30(34)31-29-20(2)32-33(21(29)3)18-22-10-15-27(35-4)28(17-22)36-5/h7-17H,6,18-19H2,1-5H3,(H,31,34). The second-order valence-corrected chi connectivity index (χ2v) is 8.74. The molecule has 0 aliphatic rings. The van der Waals surface area contributed by atoms with Crippen LogP contribution in [0.25, 0.3) is 0 Å². The molecule has 0 fully saturated rings. The van der Waals surface area contributed by atoms with Crippen LogP contribution in [0.1, 0.15) is 39.8 Å². The molecular formula is C30H33N3O5. The Morgan fingerprint density at radius 3 is 2.26 bits per heavy atom. The van der Waals surface area contributed by atoms with E-state index in [-0.39, 0.29) is 5.91 Å². The van der Waals surface area contributed by atoms with Crippen LogP contribution < -0.4 is 24.3 Å². The molecule has 8 nitrogen and oxygen atoms in total. The molecule has 0 aliphatic heterocycles. The third kappa shape index (κ3) is 6.26. The second-order valence-electron chi connectivity index (χ2n) is 8.74. The normalized spacial score (nSPS) is 10.7. The molecule has 0 saturated carbocycles. The van der Waals surface area contributed by atoms with Crippen molar-refractivity contribution in [2.24, 2.45) is 0 Å². The van der Waals surface area contributed by atoms with Gasteiger partial charge in [0.15, 0.2) is 11.5 Å². The quantitative estimate of drug-likeness (QED) is 0.272. The molecule has 1 amide bonds. The highest BCUT2D eigenvalue weighted by atomic mass is 16.5. The summed E-state index contributed by atoms with van der Waals surface area (Å²) in [6.45, 7) is 7.26. The lowest BCUT2D eigenvalue weighted by Gasteiger charge is -2.11. The lowest BCUT2D eigenvalue weighted by Crippen LogP contribution is -2.14. The summed E-state index contributed by atoms with van der Waals surface area (Å²) in [5, 5.41) is 7.69. The first-order valence-electron chi connectivity index (χ1n) is 12.4. The molecule has 3 aromatic carbocycles. The fourth-order valence-corrected chi connectivity index (χ4v) is 4.14. The van der Waals surface area contributed by atoms with Crippen molar-refractivity contribution in [2.45, 2.75) is 33.9 Å². The van der Waals surface area contributed by atoms with Crippen molar-refractivity contribution in [3.8, 4) is 23.0 Å². The maximum Gasteiger partial charge on any atom is 0.255 e. The van der Waals surface area contributed by atoms with Gasteiger partial charge in [0.2, 0.25) is 0 Å². The van der Waals surface area contributed by atoms with Crippen LogP contribution in [0.4, 0.5) is 5.69 Å². The molecule has 0 spiro atoms. The third-order valence-corrected chi connectivity index (χ3v) is 6.13. The number of nitrogens with zero attached hydrogens (tertiary/aromatic N) is 2. The molecule has 4 aromatic rings. The summed E-state index contributed by atoms with van der Waals surface area (Å²) in [4.78, 5) is 13.1. The van der Waals surface area contributed by atoms with Crippen LogP contribution in [-0.2, 0) is 13.2 Å². The van der Waals surface area contributed by atoms with Crippen LogP contribution in [0.5, 0.6) is 23.0 Å². The van der Waals surface area contributed by atoms with E-state index in [1.54, 1.807) is 20.3 Å². The van der Waals surface area contributed by atoms with Gasteiger partial charge in [-0.3, -0.25) is 9.48 Å². The molecule has 0 radical (unpaired) electrons. The van der Waals surface area contributed by atoms with Crippen molar-refractivity contribution >= 4 is 11.6 Å². The van der Waals surface area contributed by atoms with Crippen molar-refractivity contribution in [1.82, 2.24) is 9.78 Å². The maximum atomic E-state index is 13.1. The molecule has 8 heteroatoms. The van der Waals surface area contributed by atoms with Crippen LogP contribution in [0.15, 0.2) is 66.7 Å². The van der Waals surface area contributed by atoms with E-state index in [2.05, 4.69) is 10.4 Å². The Morgan fingerprint density at radius 2 is 1.58 bits per heavy atom. The van der Waals surface area contributed by atoms with E-state index in [9.17, 15) is 4.79 Å². The first kappa shape index (κ1) is 26.6. The fraction of sp³-hybridized carbons (Fsp3) is 0.267. The number of hydrogen-bond acceptors (Lipinski definition) is 6. The highest BCUT2D eigenvalue weighted by Crippen LogP contribution is 2.29. The number of carbonyl (C=O) groups excluding carboxylic acids is 1. The van der Waals surface area contributed by atoms with E-state index in [4.69, 9.17) is 18.9 Å². The zero-order valence-electron chi connectivity index (χ0n) is 22.4. The lowest BCUT2D eigenvalue weighted by molar-refractivity contribution is 0.102. The Bertz CT molecular complexity index is 1400. The monoisotopic (exact) mass is 515 g/mol. The fourth-order valence-electron chi connectivity index (χ4n) is 4.14. The average Bonchev–Trinajstić information content (AvgIpc) is 3.20. The van der Waals surface area contributed by atoms with E-state index < -0.39 is 0 Å². The van der Waals surface area contributed by atoms with Gasteiger partial charge in [0, 0.05) is 5.56 Å². The molecular weight excluding hydrogens is 482 g/mol. The van der Waals surface area contributed by atoms with Crippen LogP contribution in [-0.4, -0.2) is 36.5 Å². The molecule has 1 N–H and O–H groups in total. The van der Waals surface area contributed by atoms with Crippen LogP contribution in [0.2, 0.25) is 0 Å². The van der Waals surface area contributed by atoms with Gasteiger partial charge in [-0.1, -0.05) is 18.2 Å². The summed E-state index contributed by atoms with van der Waals surface area (Å²) >= 11 is 0. The number of carbonyl (C=O) groups is 1. The number of nitrogens with one attached hydrogen (secondary N) is 1.